The van der Waals surface area contributed by atoms with Crippen molar-refractivity contribution in [1.29, 1.82) is 0 Å². The molecule has 0 radical (unpaired) electrons. The Hall–Kier alpha value is -2.51. The van der Waals surface area contributed by atoms with E-state index in [1.807, 2.05) is 36.4 Å². The molecular weight excluding hydrogens is 358 g/mol. The van der Waals surface area contributed by atoms with Crippen molar-refractivity contribution in [3.05, 3.63) is 52.9 Å². The Bertz CT molecular complexity index is 910. The molecule has 4 rings (SSSR count). The van der Waals surface area contributed by atoms with E-state index in [1.165, 1.54) is 16.7 Å². The predicted molar refractivity (Wildman–Crippen MR) is 101 cm³/mol. The van der Waals surface area contributed by atoms with E-state index < -0.39 is 0 Å². The number of hydrogen-bond acceptors (Lipinski definition) is 6. The van der Waals surface area contributed by atoms with Crippen LogP contribution < -0.4 is 19.1 Å². The Morgan fingerprint density at radius 2 is 2.04 bits per heavy atom. The Kier molecular flexibility index (Phi) is 4.10. The number of anilines is 1. The highest BCUT2D eigenvalue weighted by Crippen LogP contribution is 2.38. The summed E-state index contributed by atoms with van der Waals surface area (Å²) >= 11 is 6.67. The average molecular weight is 371 g/mol. The van der Waals surface area contributed by atoms with Crippen molar-refractivity contribution in [3.8, 4) is 17.2 Å². The summed E-state index contributed by atoms with van der Waals surface area (Å²) in [5, 5.41) is 0. The van der Waals surface area contributed by atoms with Gasteiger partial charge in [-0.3, -0.25) is 9.69 Å². The molecule has 0 aromatic heterocycles. The molecule has 7 heteroatoms. The van der Waals surface area contributed by atoms with E-state index in [2.05, 4.69) is 0 Å². The number of thioether (sulfide) groups is 1. The summed E-state index contributed by atoms with van der Waals surface area (Å²) in [6, 6.07) is 12.8. The summed E-state index contributed by atoms with van der Waals surface area (Å²) in [6.45, 7) is 0.219. The van der Waals surface area contributed by atoms with Crippen molar-refractivity contribution < 1.29 is 19.0 Å². The summed E-state index contributed by atoms with van der Waals surface area (Å²) < 4.78 is 16.4. The lowest BCUT2D eigenvalue weighted by Crippen LogP contribution is -2.27. The smallest absolute Gasteiger partial charge is 0.270 e. The number of carbonyl (C=O) groups is 1. The van der Waals surface area contributed by atoms with Gasteiger partial charge in [-0.1, -0.05) is 36.1 Å². The van der Waals surface area contributed by atoms with Crippen molar-refractivity contribution in [2.75, 3.05) is 18.8 Å². The lowest BCUT2D eigenvalue weighted by atomic mass is 10.2. The van der Waals surface area contributed by atoms with Crippen LogP contribution in [-0.4, -0.2) is 24.1 Å². The zero-order valence-electron chi connectivity index (χ0n) is 13.2. The standard InChI is InChI=1S/C18H13NO4S2/c1-21-13-4-2-3-12(9-13)19-17(20)16(25-18(19)24)8-11-5-6-14-15(7-11)23-10-22-14/h2-9H,10H2,1H3/b16-8-. The highest BCUT2D eigenvalue weighted by Gasteiger charge is 2.33. The third-order valence-electron chi connectivity index (χ3n) is 3.80. The molecule has 0 unspecified atom stereocenters. The molecule has 5 nitrogen and oxygen atoms in total. The quantitative estimate of drug-likeness (QED) is 0.604. The topological polar surface area (TPSA) is 48.0 Å². The minimum atomic E-state index is -0.152. The lowest BCUT2D eigenvalue weighted by molar-refractivity contribution is -0.113. The first-order valence-corrected chi connectivity index (χ1v) is 8.70. The molecule has 25 heavy (non-hydrogen) atoms. The normalized spacial score (nSPS) is 17.5. The van der Waals surface area contributed by atoms with Crippen molar-refractivity contribution >= 4 is 46.0 Å². The van der Waals surface area contributed by atoms with Crippen LogP contribution in [0.4, 0.5) is 5.69 Å². The van der Waals surface area contributed by atoms with Gasteiger partial charge in [-0.15, -0.1) is 0 Å². The van der Waals surface area contributed by atoms with Crippen molar-refractivity contribution in [3.63, 3.8) is 0 Å². The highest BCUT2D eigenvalue weighted by atomic mass is 32.2. The Morgan fingerprint density at radius 3 is 2.88 bits per heavy atom. The maximum atomic E-state index is 12.8. The number of carbonyl (C=O) groups excluding carboxylic acids is 1. The number of ether oxygens (including phenoxy) is 3. The first kappa shape index (κ1) is 16.0. The minimum Gasteiger partial charge on any atom is -0.497 e. The fraction of sp³-hybridized carbons (Fsp3) is 0.111. The zero-order valence-corrected chi connectivity index (χ0v) is 14.9. The van der Waals surface area contributed by atoms with Crippen LogP contribution in [0, 0.1) is 0 Å². The Labute approximate surface area is 154 Å². The van der Waals surface area contributed by atoms with E-state index >= 15 is 0 Å². The van der Waals surface area contributed by atoms with E-state index in [0.717, 1.165) is 5.56 Å². The third kappa shape index (κ3) is 2.96. The summed E-state index contributed by atoms with van der Waals surface area (Å²) in [7, 11) is 1.59. The average Bonchev–Trinajstić information content (AvgIpc) is 3.19. The molecule has 0 aliphatic carbocycles. The molecule has 2 aromatic carbocycles. The molecule has 126 valence electrons. The predicted octanol–water partition coefficient (Wildman–Crippen LogP) is 3.83. The first-order valence-electron chi connectivity index (χ1n) is 7.47. The van der Waals surface area contributed by atoms with Gasteiger partial charge in [-0.2, -0.15) is 0 Å². The van der Waals surface area contributed by atoms with Crippen LogP contribution in [0.15, 0.2) is 47.4 Å². The maximum Gasteiger partial charge on any atom is 0.270 e. The van der Waals surface area contributed by atoms with Gasteiger partial charge in [0.15, 0.2) is 15.8 Å². The second-order valence-electron chi connectivity index (χ2n) is 5.33. The fourth-order valence-corrected chi connectivity index (χ4v) is 3.89. The van der Waals surface area contributed by atoms with Crippen molar-refractivity contribution in [2.45, 2.75) is 0 Å². The van der Waals surface area contributed by atoms with Gasteiger partial charge in [0.25, 0.3) is 5.91 Å². The summed E-state index contributed by atoms with van der Waals surface area (Å²) in [5.41, 5.74) is 1.55. The number of thiocarbonyl (C=S) groups is 1. The largest absolute Gasteiger partial charge is 0.497 e. The van der Waals surface area contributed by atoms with Crippen molar-refractivity contribution in [1.82, 2.24) is 0 Å². The molecule has 1 fully saturated rings. The van der Waals surface area contributed by atoms with Gasteiger partial charge in [0.1, 0.15) is 5.75 Å². The van der Waals surface area contributed by atoms with E-state index in [1.54, 1.807) is 19.3 Å². The number of amides is 1. The summed E-state index contributed by atoms with van der Waals surface area (Å²) in [4.78, 5) is 14.9. The number of nitrogens with zero attached hydrogens (tertiary/aromatic N) is 1. The molecule has 2 aromatic rings. The van der Waals surface area contributed by atoms with Gasteiger partial charge in [0.05, 0.1) is 17.7 Å². The molecule has 0 N–H and O–H groups in total. The number of fused-ring (bicyclic) bond motifs is 1. The molecule has 0 spiro atoms. The molecule has 0 bridgehead atoms. The molecular formula is C18H13NO4S2. The van der Waals surface area contributed by atoms with Crippen molar-refractivity contribution in [2.24, 2.45) is 0 Å². The fourth-order valence-electron chi connectivity index (χ4n) is 2.59. The van der Waals surface area contributed by atoms with E-state index in [0.29, 0.717) is 32.2 Å². The summed E-state index contributed by atoms with van der Waals surface area (Å²) in [6.07, 6.45) is 1.81. The molecule has 0 saturated carbocycles. The summed E-state index contributed by atoms with van der Waals surface area (Å²) in [5.74, 6) is 1.91. The van der Waals surface area contributed by atoms with Crippen LogP contribution in [0.1, 0.15) is 5.56 Å². The van der Waals surface area contributed by atoms with Gasteiger partial charge in [-0.25, -0.2) is 0 Å². The van der Waals surface area contributed by atoms with Gasteiger partial charge in [0.2, 0.25) is 6.79 Å². The molecule has 0 atom stereocenters. The van der Waals surface area contributed by atoms with Gasteiger partial charge < -0.3 is 14.2 Å². The Morgan fingerprint density at radius 1 is 1.20 bits per heavy atom. The molecule has 2 heterocycles. The SMILES string of the molecule is COc1cccc(N2C(=O)/C(=C/c3ccc4c(c3)OCO4)SC2=S)c1. The van der Waals surface area contributed by atoms with Gasteiger partial charge in [0, 0.05) is 6.07 Å². The van der Waals surface area contributed by atoms with Gasteiger partial charge >= 0.3 is 0 Å². The van der Waals surface area contributed by atoms with Gasteiger partial charge in [-0.05, 0) is 35.9 Å². The molecule has 2 aliphatic rings. The van der Waals surface area contributed by atoms with E-state index in [-0.39, 0.29) is 12.7 Å². The second kappa shape index (κ2) is 6.42. The molecule has 2 aliphatic heterocycles. The van der Waals surface area contributed by atoms with E-state index in [9.17, 15) is 4.79 Å². The van der Waals surface area contributed by atoms with Crippen LogP contribution in [0.3, 0.4) is 0 Å². The second-order valence-corrected chi connectivity index (χ2v) is 7.01. The number of benzene rings is 2. The Balaban J connectivity index is 1.64. The molecule has 1 saturated heterocycles. The first-order chi connectivity index (χ1) is 12.2. The van der Waals surface area contributed by atoms with Crippen LogP contribution >= 0.6 is 24.0 Å². The monoisotopic (exact) mass is 371 g/mol. The van der Waals surface area contributed by atoms with Crippen LogP contribution in [0.2, 0.25) is 0 Å². The number of rotatable bonds is 3. The molecule has 1 amide bonds. The minimum absolute atomic E-state index is 0.152. The van der Waals surface area contributed by atoms with Crippen LogP contribution in [-0.2, 0) is 4.79 Å². The highest BCUT2D eigenvalue weighted by molar-refractivity contribution is 8.27. The van der Waals surface area contributed by atoms with E-state index in [4.69, 9.17) is 26.4 Å². The number of hydrogen-bond donors (Lipinski definition) is 0. The number of methoxy groups -OCH3 is 1. The van der Waals surface area contributed by atoms with Crippen LogP contribution in [0.25, 0.3) is 6.08 Å². The third-order valence-corrected chi connectivity index (χ3v) is 5.10. The maximum absolute atomic E-state index is 12.8. The van der Waals surface area contributed by atoms with Crippen LogP contribution in [0.5, 0.6) is 17.2 Å². The zero-order chi connectivity index (χ0) is 17.4. The lowest BCUT2D eigenvalue weighted by Gasteiger charge is -2.15.